The van der Waals surface area contributed by atoms with Crippen LogP contribution in [0.5, 0.6) is 0 Å². The molecule has 0 N–H and O–H groups in total. The molecule has 0 fully saturated rings. The van der Waals surface area contributed by atoms with Gasteiger partial charge in [0.1, 0.15) is 0 Å². The van der Waals surface area contributed by atoms with Crippen molar-refractivity contribution in [3.05, 3.63) is 114 Å². The molecule has 3 heteroatoms. The Bertz CT molecular complexity index is 1860. The maximum atomic E-state index is 7.55. The summed E-state index contributed by atoms with van der Waals surface area (Å²) in [5, 5.41) is 4.80. The Morgan fingerprint density at radius 1 is 0.545 bits per heavy atom. The SMILES string of the molecule is [C-]#[N+]c1cc([N+]#[C-])cc(-n2c3ccccc3c3cc4c5c(cccc5c32)-c2ccccc2-4)c1. The molecule has 1 aliphatic carbocycles. The molecule has 1 aromatic heterocycles. The highest BCUT2D eigenvalue weighted by molar-refractivity contribution is 6.27. The van der Waals surface area contributed by atoms with Gasteiger partial charge in [0.15, 0.2) is 11.4 Å². The van der Waals surface area contributed by atoms with Gasteiger partial charge in [-0.25, -0.2) is 9.69 Å². The maximum Gasteiger partial charge on any atom is 0.179 e. The number of aromatic nitrogens is 1. The monoisotopic (exact) mass is 417 g/mol. The van der Waals surface area contributed by atoms with Crippen LogP contribution in [0.1, 0.15) is 0 Å². The minimum atomic E-state index is 0.475. The molecule has 3 nitrogen and oxygen atoms in total. The zero-order chi connectivity index (χ0) is 22.1. The van der Waals surface area contributed by atoms with Gasteiger partial charge in [0, 0.05) is 21.8 Å². The van der Waals surface area contributed by atoms with Crippen molar-refractivity contribution in [1.82, 2.24) is 4.57 Å². The molecule has 0 saturated heterocycles. The van der Waals surface area contributed by atoms with E-state index < -0.39 is 0 Å². The summed E-state index contributed by atoms with van der Waals surface area (Å²) < 4.78 is 2.22. The van der Waals surface area contributed by atoms with Gasteiger partial charge in [-0.05, 0) is 51.9 Å². The fraction of sp³-hybridized carbons (Fsp3) is 0. The second kappa shape index (κ2) is 6.33. The third-order valence-corrected chi connectivity index (χ3v) is 6.70. The lowest BCUT2D eigenvalue weighted by atomic mass is 9.99. The highest BCUT2D eigenvalue weighted by Gasteiger charge is 2.25. The Morgan fingerprint density at radius 2 is 1.18 bits per heavy atom. The van der Waals surface area contributed by atoms with Gasteiger partial charge in [-0.3, -0.25) is 0 Å². The first-order chi connectivity index (χ1) is 16.3. The van der Waals surface area contributed by atoms with Crippen LogP contribution in [-0.2, 0) is 0 Å². The summed E-state index contributed by atoms with van der Waals surface area (Å²) in [6.07, 6.45) is 0. The minimum absolute atomic E-state index is 0.475. The summed E-state index contributed by atoms with van der Waals surface area (Å²) >= 11 is 0. The zero-order valence-electron chi connectivity index (χ0n) is 17.5. The van der Waals surface area contributed by atoms with Crippen molar-refractivity contribution in [1.29, 1.82) is 0 Å². The minimum Gasteiger partial charge on any atom is -0.311 e. The topological polar surface area (TPSA) is 13.7 Å². The van der Waals surface area contributed by atoms with Crippen LogP contribution in [0, 0.1) is 13.1 Å². The van der Waals surface area contributed by atoms with Gasteiger partial charge < -0.3 is 4.57 Å². The molecule has 150 valence electrons. The van der Waals surface area contributed by atoms with E-state index >= 15 is 0 Å². The van der Waals surface area contributed by atoms with Crippen molar-refractivity contribution in [2.24, 2.45) is 0 Å². The molecular formula is C30H15N3. The molecule has 0 unspecified atom stereocenters. The highest BCUT2D eigenvalue weighted by Crippen LogP contribution is 2.51. The van der Waals surface area contributed by atoms with Gasteiger partial charge in [-0.2, -0.15) is 0 Å². The number of benzene rings is 5. The second-order valence-electron chi connectivity index (χ2n) is 8.38. The molecule has 33 heavy (non-hydrogen) atoms. The molecule has 0 amide bonds. The molecule has 0 radical (unpaired) electrons. The first-order valence-corrected chi connectivity index (χ1v) is 10.8. The number of nitrogens with zero attached hydrogens (tertiary/aromatic N) is 3. The molecule has 5 aromatic carbocycles. The molecule has 6 aromatic rings. The second-order valence-corrected chi connectivity index (χ2v) is 8.38. The zero-order valence-corrected chi connectivity index (χ0v) is 17.5. The van der Waals surface area contributed by atoms with Crippen LogP contribution in [-0.4, -0.2) is 4.57 Å². The van der Waals surface area contributed by atoms with Crippen LogP contribution in [0.25, 0.3) is 70.2 Å². The third-order valence-electron chi connectivity index (χ3n) is 6.70. The van der Waals surface area contributed by atoms with E-state index in [4.69, 9.17) is 13.1 Å². The molecule has 0 spiro atoms. The summed E-state index contributed by atoms with van der Waals surface area (Å²) in [5.41, 5.74) is 9.05. The van der Waals surface area contributed by atoms with Crippen molar-refractivity contribution in [3.63, 3.8) is 0 Å². The van der Waals surface area contributed by atoms with Crippen molar-refractivity contribution in [2.75, 3.05) is 0 Å². The first-order valence-electron chi connectivity index (χ1n) is 10.8. The van der Waals surface area contributed by atoms with Gasteiger partial charge in [0.25, 0.3) is 0 Å². The van der Waals surface area contributed by atoms with Crippen LogP contribution in [0.3, 0.4) is 0 Å². The van der Waals surface area contributed by atoms with E-state index in [1.165, 1.54) is 38.4 Å². The van der Waals surface area contributed by atoms with E-state index in [0.29, 0.717) is 11.4 Å². The molecular weight excluding hydrogens is 402 g/mol. The lowest BCUT2D eigenvalue weighted by Crippen LogP contribution is -1.94. The predicted molar refractivity (Wildman–Crippen MR) is 135 cm³/mol. The van der Waals surface area contributed by atoms with E-state index in [1.54, 1.807) is 6.07 Å². The molecule has 1 heterocycles. The van der Waals surface area contributed by atoms with Crippen LogP contribution < -0.4 is 0 Å². The largest absolute Gasteiger partial charge is 0.311 e. The van der Waals surface area contributed by atoms with Gasteiger partial charge in [0.05, 0.1) is 24.2 Å². The number of para-hydroxylation sites is 1. The van der Waals surface area contributed by atoms with Crippen molar-refractivity contribution in [3.8, 4) is 27.9 Å². The van der Waals surface area contributed by atoms with E-state index in [9.17, 15) is 0 Å². The van der Waals surface area contributed by atoms with E-state index in [-0.39, 0.29) is 0 Å². The standard InChI is InChI=1S/C30H15N3/c1-31-18-14-19(32-2)16-20(15-18)33-28-13-6-5-10-23(28)27-17-26-22-9-4-3-8-21(22)24-11-7-12-25(29(24)26)30(27)33/h3-17H. The van der Waals surface area contributed by atoms with Gasteiger partial charge in [-0.1, -0.05) is 66.7 Å². The summed E-state index contributed by atoms with van der Waals surface area (Å²) in [6, 6.07) is 31.2. The summed E-state index contributed by atoms with van der Waals surface area (Å²) in [6.45, 7) is 15.1. The quantitative estimate of drug-likeness (QED) is 0.237. The Morgan fingerprint density at radius 3 is 1.94 bits per heavy atom. The van der Waals surface area contributed by atoms with Crippen LogP contribution >= 0.6 is 0 Å². The predicted octanol–water partition coefficient (Wildman–Crippen LogP) is 8.69. The number of fused-ring (bicyclic) bond motifs is 7. The Kier molecular flexibility index (Phi) is 3.41. The number of hydrogen-bond donors (Lipinski definition) is 0. The third kappa shape index (κ3) is 2.26. The van der Waals surface area contributed by atoms with Crippen molar-refractivity contribution >= 4 is 44.0 Å². The van der Waals surface area contributed by atoms with E-state index in [1.807, 2.05) is 18.2 Å². The van der Waals surface area contributed by atoms with Crippen molar-refractivity contribution < 1.29 is 0 Å². The molecule has 0 atom stereocenters. The molecule has 0 aliphatic heterocycles. The fourth-order valence-corrected chi connectivity index (χ4v) is 5.43. The summed E-state index contributed by atoms with van der Waals surface area (Å²) in [5.74, 6) is 0. The van der Waals surface area contributed by atoms with Gasteiger partial charge in [0.2, 0.25) is 0 Å². The molecule has 0 saturated carbocycles. The first kappa shape index (κ1) is 17.8. The smallest absolute Gasteiger partial charge is 0.179 e. The average Bonchev–Trinajstić information content (AvgIpc) is 3.38. The normalized spacial score (nSPS) is 11.6. The fourth-order valence-electron chi connectivity index (χ4n) is 5.43. The van der Waals surface area contributed by atoms with E-state index in [2.05, 4.69) is 81.0 Å². The number of hydrogen-bond acceptors (Lipinski definition) is 0. The van der Waals surface area contributed by atoms with Crippen LogP contribution in [0.15, 0.2) is 91.0 Å². The van der Waals surface area contributed by atoms with Crippen molar-refractivity contribution in [2.45, 2.75) is 0 Å². The van der Waals surface area contributed by atoms with Gasteiger partial charge >= 0.3 is 0 Å². The molecule has 1 aliphatic rings. The maximum absolute atomic E-state index is 7.55. The lowest BCUT2D eigenvalue weighted by molar-refractivity contribution is 1.19. The van der Waals surface area contributed by atoms with Crippen LogP contribution in [0.2, 0.25) is 0 Å². The average molecular weight is 417 g/mol. The Hall–Kier alpha value is -4.86. The number of rotatable bonds is 1. The molecule has 0 bridgehead atoms. The Balaban J connectivity index is 1.73. The summed E-state index contributed by atoms with van der Waals surface area (Å²) in [7, 11) is 0. The highest BCUT2D eigenvalue weighted by atomic mass is 15.0. The van der Waals surface area contributed by atoms with Crippen LogP contribution in [0.4, 0.5) is 11.4 Å². The Labute approximate surface area is 190 Å². The molecule has 7 rings (SSSR count). The van der Waals surface area contributed by atoms with E-state index in [0.717, 1.165) is 22.1 Å². The lowest BCUT2D eigenvalue weighted by Gasteiger charge is -2.12. The summed E-state index contributed by atoms with van der Waals surface area (Å²) in [4.78, 5) is 7.26. The van der Waals surface area contributed by atoms with Gasteiger partial charge in [-0.15, -0.1) is 0 Å².